The first-order chi connectivity index (χ1) is 11.1. The number of pyridine rings is 1. The molecule has 1 aromatic rings. The van der Waals surface area contributed by atoms with Crippen LogP contribution in [0.25, 0.3) is 5.76 Å². The number of aromatic nitrogens is 1. The molecule has 0 saturated heterocycles. The minimum absolute atomic E-state index is 0.0237. The summed E-state index contributed by atoms with van der Waals surface area (Å²) in [6.45, 7) is 2.18. The van der Waals surface area contributed by atoms with Gasteiger partial charge in [0.1, 0.15) is 5.76 Å². The maximum atomic E-state index is 12.4. The first-order valence-electron chi connectivity index (χ1n) is 8.11. The van der Waals surface area contributed by atoms with Crippen molar-refractivity contribution < 1.29 is 14.6 Å². The quantitative estimate of drug-likeness (QED) is 0.899. The maximum absolute atomic E-state index is 12.4. The van der Waals surface area contributed by atoms with E-state index in [1.165, 1.54) is 6.42 Å². The fraction of sp³-hybridized carbons (Fsp3) is 0.444. The Morgan fingerprint density at radius 2 is 2.26 bits per heavy atom. The van der Waals surface area contributed by atoms with E-state index in [0.29, 0.717) is 17.4 Å². The normalized spacial score (nSPS) is 27.5. The zero-order valence-electron chi connectivity index (χ0n) is 13.2. The molecule has 1 aliphatic carbocycles. The second-order valence-electron chi connectivity index (χ2n) is 6.32. The van der Waals surface area contributed by atoms with Gasteiger partial charge in [-0.05, 0) is 43.0 Å². The lowest BCUT2D eigenvalue weighted by Gasteiger charge is -2.28. The average molecular weight is 314 g/mol. The summed E-state index contributed by atoms with van der Waals surface area (Å²) in [5, 5.41) is 13.0. The van der Waals surface area contributed by atoms with Crippen molar-refractivity contribution in [1.82, 2.24) is 10.3 Å². The van der Waals surface area contributed by atoms with Crippen LogP contribution < -0.4 is 5.32 Å². The summed E-state index contributed by atoms with van der Waals surface area (Å²) in [7, 11) is 0. The molecule has 1 aliphatic heterocycles. The molecule has 1 fully saturated rings. The number of nitrogens with zero attached hydrogens (tertiary/aromatic N) is 1. The van der Waals surface area contributed by atoms with Gasteiger partial charge in [0.05, 0.1) is 5.70 Å². The molecule has 122 valence electrons. The van der Waals surface area contributed by atoms with Gasteiger partial charge < -0.3 is 15.2 Å². The molecular weight excluding hydrogens is 292 g/mol. The number of amides is 1. The Morgan fingerprint density at radius 1 is 1.39 bits per heavy atom. The van der Waals surface area contributed by atoms with Gasteiger partial charge in [-0.25, -0.2) is 0 Å². The van der Waals surface area contributed by atoms with Crippen LogP contribution in [-0.2, 0) is 9.53 Å². The highest BCUT2D eigenvalue weighted by Crippen LogP contribution is 2.29. The molecule has 3 unspecified atom stereocenters. The van der Waals surface area contributed by atoms with Gasteiger partial charge in [0.25, 0.3) is 0 Å². The third-order valence-corrected chi connectivity index (χ3v) is 4.44. The predicted octanol–water partition coefficient (Wildman–Crippen LogP) is 2.60. The number of aliphatic hydroxyl groups excluding tert-OH is 1. The molecule has 0 spiro atoms. The van der Waals surface area contributed by atoms with Gasteiger partial charge in [-0.3, -0.25) is 9.78 Å². The molecule has 23 heavy (non-hydrogen) atoms. The topological polar surface area (TPSA) is 71.5 Å². The molecule has 2 aliphatic rings. The van der Waals surface area contributed by atoms with Gasteiger partial charge in [0, 0.05) is 23.9 Å². The Balaban J connectivity index is 1.67. The summed E-state index contributed by atoms with van der Waals surface area (Å²) >= 11 is 0. The van der Waals surface area contributed by atoms with Crippen LogP contribution in [0.2, 0.25) is 0 Å². The number of aliphatic hydroxyl groups is 1. The van der Waals surface area contributed by atoms with Crippen molar-refractivity contribution in [2.75, 3.05) is 0 Å². The van der Waals surface area contributed by atoms with Gasteiger partial charge in [-0.15, -0.1) is 0 Å². The van der Waals surface area contributed by atoms with E-state index in [4.69, 9.17) is 4.74 Å². The summed E-state index contributed by atoms with van der Waals surface area (Å²) in [6, 6.07) is 3.66. The highest BCUT2D eigenvalue weighted by atomic mass is 16.6. The lowest BCUT2D eigenvalue weighted by atomic mass is 9.82. The van der Waals surface area contributed by atoms with E-state index in [1.807, 2.05) is 6.07 Å². The number of nitrogens with one attached hydrogen (secondary N) is 1. The van der Waals surface area contributed by atoms with Crippen molar-refractivity contribution >= 4 is 11.7 Å². The summed E-state index contributed by atoms with van der Waals surface area (Å²) in [5.41, 5.74) is 1.18. The van der Waals surface area contributed by atoms with Crippen molar-refractivity contribution in [1.29, 1.82) is 0 Å². The molecule has 1 aromatic heterocycles. The molecule has 0 aromatic carbocycles. The van der Waals surface area contributed by atoms with E-state index in [1.54, 1.807) is 30.6 Å². The molecule has 0 bridgehead atoms. The van der Waals surface area contributed by atoms with Gasteiger partial charge in [0.2, 0.25) is 12.2 Å². The van der Waals surface area contributed by atoms with Crippen LogP contribution in [-0.4, -0.2) is 22.3 Å². The van der Waals surface area contributed by atoms with Gasteiger partial charge >= 0.3 is 0 Å². The Kier molecular flexibility index (Phi) is 4.76. The van der Waals surface area contributed by atoms with Crippen molar-refractivity contribution in [3.8, 4) is 0 Å². The average Bonchev–Trinajstić information content (AvgIpc) is 2.57. The fourth-order valence-corrected chi connectivity index (χ4v) is 3.16. The number of allylic oxidation sites excluding steroid dienone is 2. The number of carbonyl (C=O) groups is 1. The minimum atomic E-state index is -1.17. The first-order valence-corrected chi connectivity index (χ1v) is 8.11. The van der Waals surface area contributed by atoms with Crippen LogP contribution in [0, 0.1) is 11.8 Å². The number of carbonyl (C=O) groups excluding carboxylic acids is 1. The standard InChI is InChI=1S/C18H22N2O3/c1-12-4-2-5-13(10-12)17(21)20-15-7-8-16(23-18(15)22)14-6-3-9-19-11-14/h3,6-9,11-13,18,22H,2,4-5,10H2,1H3,(H,20,21). The number of rotatable bonds is 3. The molecular formula is C18H22N2O3. The van der Waals surface area contributed by atoms with E-state index >= 15 is 0 Å². The molecule has 2 heterocycles. The van der Waals surface area contributed by atoms with Gasteiger partial charge in [-0.1, -0.05) is 19.8 Å². The smallest absolute Gasteiger partial charge is 0.239 e. The van der Waals surface area contributed by atoms with Crippen LogP contribution in [0.15, 0.2) is 42.4 Å². The van der Waals surface area contributed by atoms with Crippen molar-refractivity contribution in [2.45, 2.75) is 38.9 Å². The van der Waals surface area contributed by atoms with Gasteiger partial charge in [-0.2, -0.15) is 0 Å². The van der Waals surface area contributed by atoms with E-state index in [2.05, 4.69) is 17.2 Å². The summed E-state index contributed by atoms with van der Waals surface area (Å²) in [5.74, 6) is 1.12. The maximum Gasteiger partial charge on any atom is 0.239 e. The van der Waals surface area contributed by atoms with E-state index < -0.39 is 6.29 Å². The molecule has 0 radical (unpaired) electrons. The van der Waals surface area contributed by atoms with Crippen LogP contribution in [0.5, 0.6) is 0 Å². The zero-order chi connectivity index (χ0) is 16.2. The highest BCUT2D eigenvalue weighted by molar-refractivity contribution is 5.81. The third-order valence-electron chi connectivity index (χ3n) is 4.44. The molecule has 5 nitrogen and oxygen atoms in total. The lowest BCUT2D eigenvalue weighted by Crippen LogP contribution is -2.37. The van der Waals surface area contributed by atoms with Crippen LogP contribution in [0.4, 0.5) is 0 Å². The Labute approximate surface area is 136 Å². The number of ether oxygens (including phenoxy) is 1. The number of hydrogen-bond donors (Lipinski definition) is 2. The van der Waals surface area contributed by atoms with Crippen LogP contribution >= 0.6 is 0 Å². The van der Waals surface area contributed by atoms with Crippen molar-refractivity contribution in [3.63, 3.8) is 0 Å². The summed E-state index contributed by atoms with van der Waals surface area (Å²) in [4.78, 5) is 16.4. The van der Waals surface area contributed by atoms with E-state index in [0.717, 1.165) is 24.8 Å². The highest BCUT2D eigenvalue weighted by Gasteiger charge is 2.28. The largest absolute Gasteiger partial charge is 0.459 e. The molecule has 5 heteroatoms. The third kappa shape index (κ3) is 3.79. The van der Waals surface area contributed by atoms with Crippen LogP contribution in [0.1, 0.15) is 38.2 Å². The summed E-state index contributed by atoms with van der Waals surface area (Å²) < 4.78 is 5.49. The molecule has 1 saturated carbocycles. The minimum Gasteiger partial charge on any atom is -0.459 e. The molecule has 3 atom stereocenters. The SMILES string of the molecule is CC1CCCC(C(=O)NC2=CC=C(c3cccnc3)OC2O)C1. The van der Waals surface area contributed by atoms with E-state index in [-0.39, 0.29) is 11.8 Å². The Bertz CT molecular complexity index is 624. The predicted molar refractivity (Wildman–Crippen MR) is 86.7 cm³/mol. The van der Waals surface area contributed by atoms with Crippen molar-refractivity contribution in [2.24, 2.45) is 11.8 Å². The first kappa shape index (κ1) is 15.7. The van der Waals surface area contributed by atoms with E-state index in [9.17, 15) is 9.90 Å². The fourth-order valence-electron chi connectivity index (χ4n) is 3.16. The van der Waals surface area contributed by atoms with Crippen molar-refractivity contribution in [3.05, 3.63) is 47.9 Å². The van der Waals surface area contributed by atoms with Gasteiger partial charge in [0.15, 0.2) is 0 Å². The second-order valence-corrected chi connectivity index (χ2v) is 6.32. The molecule has 1 amide bonds. The monoisotopic (exact) mass is 314 g/mol. The molecule has 2 N–H and O–H groups in total. The summed E-state index contributed by atoms with van der Waals surface area (Å²) in [6.07, 6.45) is 9.71. The zero-order valence-corrected chi connectivity index (χ0v) is 13.2. The Morgan fingerprint density at radius 3 is 2.96 bits per heavy atom. The number of hydrogen-bond acceptors (Lipinski definition) is 4. The second kappa shape index (κ2) is 6.96. The lowest BCUT2D eigenvalue weighted by molar-refractivity contribution is -0.126. The molecule has 3 rings (SSSR count). The van der Waals surface area contributed by atoms with Crippen LogP contribution in [0.3, 0.4) is 0 Å². The Hall–Kier alpha value is -2.14.